The molecule has 0 aliphatic rings. The van der Waals surface area contributed by atoms with E-state index in [9.17, 15) is 8.78 Å². The van der Waals surface area contributed by atoms with Crippen LogP contribution >= 0.6 is 15.9 Å². The normalized spacial score (nSPS) is 12.7. The van der Waals surface area contributed by atoms with Crippen molar-refractivity contribution >= 4 is 15.9 Å². The third-order valence-electron chi connectivity index (χ3n) is 2.78. The van der Waals surface area contributed by atoms with Crippen LogP contribution in [0.3, 0.4) is 0 Å². The van der Waals surface area contributed by atoms with E-state index in [4.69, 9.17) is 4.42 Å². The van der Waals surface area contributed by atoms with E-state index in [2.05, 4.69) is 21.2 Å². The number of halogens is 3. The minimum atomic E-state index is -0.597. The van der Waals surface area contributed by atoms with Crippen molar-refractivity contribution in [1.82, 2.24) is 5.32 Å². The fourth-order valence-corrected chi connectivity index (χ4v) is 2.27. The first-order valence-corrected chi connectivity index (χ1v) is 6.19. The zero-order chi connectivity index (χ0) is 13.3. The molecule has 1 heterocycles. The van der Waals surface area contributed by atoms with E-state index in [1.807, 2.05) is 0 Å². The zero-order valence-electron chi connectivity index (χ0n) is 9.93. The lowest BCUT2D eigenvalue weighted by atomic mass is 10.0. The van der Waals surface area contributed by atoms with Gasteiger partial charge in [0.2, 0.25) is 0 Å². The van der Waals surface area contributed by atoms with E-state index in [1.165, 1.54) is 12.3 Å². The predicted octanol–water partition coefficient (Wildman–Crippen LogP) is 3.94. The summed E-state index contributed by atoms with van der Waals surface area (Å²) in [5, 5.41) is 2.96. The van der Waals surface area contributed by atoms with Crippen molar-refractivity contribution < 1.29 is 13.2 Å². The van der Waals surface area contributed by atoms with Crippen LogP contribution < -0.4 is 5.32 Å². The van der Waals surface area contributed by atoms with Gasteiger partial charge in [0.1, 0.15) is 17.4 Å². The van der Waals surface area contributed by atoms with Crippen LogP contribution in [0.4, 0.5) is 8.78 Å². The van der Waals surface area contributed by atoms with Gasteiger partial charge in [-0.25, -0.2) is 8.78 Å². The number of hydrogen-bond donors (Lipinski definition) is 1. The van der Waals surface area contributed by atoms with Gasteiger partial charge in [0.25, 0.3) is 0 Å². The minimum absolute atomic E-state index is 0.354. The Kier molecular flexibility index (Phi) is 3.82. The van der Waals surface area contributed by atoms with Gasteiger partial charge in [-0.1, -0.05) is 0 Å². The first-order chi connectivity index (χ1) is 8.54. The number of aryl methyl sites for hydroxylation is 1. The van der Waals surface area contributed by atoms with Gasteiger partial charge in [-0.3, -0.25) is 0 Å². The molecule has 2 nitrogen and oxygen atoms in total. The van der Waals surface area contributed by atoms with E-state index in [0.717, 1.165) is 10.5 Å². The summed E-state index contributed by atoms with van der Waals surface area (Å²) < 4.78 is 33.2. The molecule has 0 aliphatic carbocycles. The largest absolute Gasteiger partial charge is 0.466 e. The van der Waals surface area contributed by atoms with Crippen molar-refractivity contribution in [2.45, 2.75) is 13.0 Å². The van der Waals surface area contributed by atoms with Crippen LogP contribution in [0.15, 0.2) is 33.4 Å². The fraction of sp³-hybridized carbons (Fsp3) is 0.231. The summed E-state index contributed by atoms with van der Waals surface area (Å²) in [5.74, 6) is -0.590. The Balaban J connectivity index is 2.52. The van der Waals surface area contributed by atoms with Crippen LogP contribution in [0, 0.1) is 18.6 Å². The molecule has 0 saturated heterocycles. The van der Waals surface area contributed by atoms with Crippen LogP contribution in [0.25, 0.3) is 0 Å². The molecular weight excluding hydrogens is 304 g/mol. The SMILES string of the molecule is CNC(c1cc(C)c(F)cc1F)c1occc1Br. The monoisotopic (exact) mass is 315 g/mol. The number of furan rings is 1. The van der Waals surface area contributed by atoms with Gasteiger partial charge >= 0.3 is 0 Å². The van der Waals surface area contributed by atoms with Gasteiger partial charge in [0.05, 0.1) is 16.8 Å². The van der Waals surface area contributed by atoms with E-state index >= 15 is 0 Å². The summed E-state index contributed by atoms with van der Waals surface area (Å²) in [4.78, 5) is 0. The Hall–Kier alpha value is -1.20. The molecule has 2 aromatic rings. The molecule has 1 unspecified atom stereocenters. The van der Waals surface area contributed by atoms with E-state index in [-0.39, 0.29) is 0 Å². The van der Waals surface area contributed by atoms with Gasteiger partial charge < -0.3 is 9.73 Å². The maximum atomic E-state index is 13.9. The summed E-state index contributed by atoms with van der Waals surface area (Å²) in [6, 6.07) is 3.65. The molecule has 1 aromatic carbocycles. The molecule has 1 N–H and O–H groups in total. The average Bonchev–Trinajstić information content (AvgIpc) is 2.73. The molecule has 0 spiro atoms. The highest BCUT2D eigenvalue weighted by Crippen LogP contribution is 2.31. The predicted molar refractivity (Wildman–Crippen MR) is 68.4 cm³/mol. The zero-order valence-corrected chi connectivity index (χ0v) is 11.5. The third-order valence-corrected chi connectivity index (χ3v) is 3.44. The van der Waals surface area contributed by atoms with Crippen LogP contribution in [-0.2, 0) is 0 Å². The summed E-state index contributed by atoms with van der Waals surface area (Å²) in [6.45, 7) is 1.60. The molecule has 0 aliphatic heterocycles. The summed E-state index contributed by atoms with van der Waals surface area (Å²) >= 11 is 3.33. The summed E-state index contributed by atoms with van der Waals surface area (Å²) in [7, 11) is 1.69. The highest BCUT2D eigenvalue weighted by molar-refractivity contribution is 9.10. The maximum Gasteiger partial charge on any atom is 0.139 e. The first kappa shape index (κ1) is 13.2. The molecular formula is C13H12BrF2NO. The highest BCUT2D eigenvalue weighted by atomic mass is 79.9. The second-order valence-corrected chi connectivity index (χ2v) is 4.83. The topological polar surface area (TPSA) is 25.2 Å². The van der Waals surface area contributed by atoms with Crippen molar-refractivity contribution in [2.24, 2.45) is 0 Å². The molecule has 0 bridgehead atoms. The molecule has 1 aromatic heterocycles. The number of benzene rings is 1. The van der Waals surface area contributed by atoms with Crippen molar-refractivity contribution in [1.29, 1.82) is 0 Å². The van der Waals surface area contributed by atoms with Gasteiger partial charge in [0, 0.05) is 11.6 Å². The lowest BCUT2D eigenvalue weighted by Gasteiger charge is -2.16. The van der Waals surface area contributed by atoms with Crippen molar-refractivity contribution in [2.75, 3.05) is 7.05 Å². The highest BCUT2D eigenvalue weighted by Gasteiger charge is 2.22. The van der Waals surface area contributed by atoms with Crippen LogP contribution in [0.2, 0.25) is 0 Å². The Morgan fingerprint density at radius 2 is 2.00 bits per heavy atom. The third kappa shape index (κ3) is 2.33. The van der Waals surface area contributed by atoms with Crippen molar-refractivity contribution in [3.8, 4) is 0 Å². The van der Waals surface area contributed by atoms with Crippen molar-refractivity contribution in [3.05, 3.63) is 57.5 Å². The Bertz CT molecular complexity index is 568. The molecule has 2 rings (SSSR count). The molecule has 0 fully saturated rings. The Labute approximate surface area is 112 Å². The number of nitrogens with one attached hydrogen (secondary N) is 1. The summed E-state index contributed by atoms with van der Waals surface area (Å²) in [6.07, 6.45) is 1.51. The quantitative estimate of drug-likeness (QED) is 0.928. The molecule has 0 radical (unpaired) electrons. The minimum Gasteiger partial charge on any atom is -0.466 e. The first-order valence-electron chi connectivity index (χ1n) is 5.40. The molecule has 5 heteroatoms. The van der Waals surface area contributed by atoms with Crippen molar-refractivity contribution in [3.63, 3.8) is 0 Å². The van der Waals surface area contributed by atoms with Gasteiger partial charge in [-0.05, 0) is 47.6 Å². The van der Waals surface area contributed by atoms with Crippen LogP contribution in [-0.4, -0.2) is 7.05 Å². The Morgan fingerprint density at radius 1 is 1.28 bits per heavy atom. The molecule has 1 atom stereocenters. The lowest BCUT2D eigenvalue weighted by molar-refractivity contribution is 0.448. The van der Waals surface area contributed by atoms with E-state index in [1.54, 1.807) is 20.0 Å². The van der Waals surface area contributed by atoms with Crippen LogP contribution in [0.1, 0.15) is 22.9 Å². The standard InChI is InChI=1S/C13H12BrF2NO/c1-7-5-8(11(16)6-10(7)15)12(17-2)13-9(14)3-4-18-13/h3-6,12,17H,1-2H3. The lowest BCUT2D eigenvalue weighted by Crippen LogP contribution is -2.19. The molecule has 96 valence electrons. The maximum absolute atomic E-state index is 13.9. The van der Waals surface area contributed by atoms with Crippen LogP contribution in [0.5, 0.6) is 0 Å². The molecule has 0 saturated carbocycles. The van der Waals surface area contributed by atoms with Gasteiger partial charge in [0.15, 0.2) is 0 Å². The number of hydrogen-bond acceptors (Lipinski definition) is 2. The smallest absolute Gasteiger partial charge is 0.139 e. The molecule has 18 heavy (non-hydrogen) atoms. The number of rotatable bonds is 3. The second-order valence-electron chi connectivity index (χ2n) is 3.98. The second kappa shape index (κ2) is 5.20. The fourth-order valence-electron chi connectivity index (χ4n) is 1.84. The average molecular weight is 316 g/mol. The summed E-state index contributed by atoms with van der Waals surface area (Å²) in [5.41, 5.74) is 0.751. The van der Waals surface area contributed by atoms with Gasteiger partial charge in [-0.15, -0.1) is 0 Å². The van der Waals surface area contributed by atoms with E-state index < -0.39 is 17.7 Å². The van der Waals surface area contributed by atoms with Gasteiger partial charge in [-0.2, -0.15) is 0 Å². The molecule has 0 amide bonds. The van der Waals surface area contributed by atoms with E-state index in [0.29, 0.717) is 16.9 Å². The Morgan fingerprint density at radius 3 is 2.56 bits per heavy atom.